The molecule has 1 aromatic rings. The molecule has 1 atom stereocenters. The fourth-order valence-corrected chi connectivity index (χ4v) is 2.28. The van der Waals surface area contributed by atoms with Crippen LogP contribution in [0.15, 0.2) is 16.5 Å². The van der Waals surface area contributed by atoms with Crippen LogP contribution in [0.4, 0.5) is 0 Å². The summed E-state index contributed by atoms with van der Waals surface area (Å²) in [6.45, 7) is 3.62. The Morgan fingerprint density at radius 1 is 1.62 bits per heavy atom. The van der Waals surface area contributed by atoms with Crippen molar-refractivity contribution in [3.8, 4) is 0 Å². The molecule has 16 heavy (non-hydrogen) atoms. The minimum atomic E-state index is -0.0548. The molecule has 0 aliphatic carbocycles. The van der Waals surface area contributed by atoms with Crippen molar-refractivity contribution in [3.05, 3.63) is 23.7 Å². The Balaban J connectivity index is 2.13. The smallest absolute Gasteiger partial charge is 0.289 e. The van der Waals surface area contributed by atoms with Crippen LogP contribution < -0.4 is 0 Å². The monoisotopic (exact) mass is 287 g/mol. The number of amides is 1. The molecule has 1 fully saturated rings. The lowest BCUT2D eigenvalue weighted by Gasteiger charge is -2.33. The molecule has 1 saturated heterocycles. The lowest BCUT2D eigenvalue weighted by molar-refractivity contribution is 0.00354. The molecule has 0 N–H and O–H groups in total. The predicted molar refractivity (Wildman–Crippen MR) is 62.9 cm³/mol. The van der Waals surface area contributed by atoms with Gasteiger partial charge in [0.15, 0.2) is 5.76 Å². The molecule has 88 valence electrons. The van der Waals surface area contributed by atoms with E-state index in [0.29, 0.717) is 25.5 Å². The number of nitrogens with zero attached hydrogens (tertiary/aromatic N) is 1. The van der Waals surface area contributed by atoms with Gasteiger partial charge in [0.1, 0.15) is 5.76 Å². The van der Waals surface area contributed by atoms with Crippen molar-refractivity contribution < 1.29 is 13.9 Å². The van der Waals surface area contributed by atoms with Crippen molar-refractivity contribution in [2.75, 3.05) is 25.1 Å². The lowest BCUT2D eigenvalue weighted by Crippen LogP contribution is -2.49. The molecule has 1 aliphatic rings. The van der Waals surface area contributed by atoms with Crippen LogP contribution in [-0.2, 0) is 4.74 Å². The molecule has 0 aromatic carbocycles. The summed E-state index contributed by atoms with van der Waals surface area (Å²) in [5, 5.41) is 0.721. The van der Waals surface area contributed by atoms with Crippen LogP contribution >= 0.6 is 15.9 Å². The summed E-state index contributed by atoms with van der Waals surface area (Å²) in [4.78, 5) is 13.9. The highest BCUT2D eigenvalue weighted by Gasteiger charge is 2.28. The summed E-state index contributed by atoms with van der Waals surface area (Å²) in [7, 11) is 0. The molecule has 1 aromatic heterocycles. The molecular weight excluding hydrogens is 274 g/mol. The summed E-state index contributed by atoms with van der Waals surface area (Å²) in [6.07, 6.45) is 0. The fourth-order valence-electron chi connectivity index (χ4n) is 1.74. The number of carbonyl (C=O) groups is 1. The Morgan fingerprint density at radius 2 is 2.44 bits per heavy atom. The van der Waals surface area contributed by atoms with Gasteiger partial charge in [0.2, 0.25) is 0 Å². The number of hydrogen-bond acceptors (Lipinski definition) is 3. The van der Waals surface area contributed by atoms with Crippen LogP contribution in [0.1, 0.15) is 16.3 Å². The molecule has 1 unspecified atom stereocenters. The number of hydrogen-bond donors (Lipinski definition) is 0. The van der Waals surface area contributed by atoms with Gasteiger partial charge in [-0.25, -0.2) is 0 Å². The van der Waals surface area contributed by atoms with Crippen molar-refractivity contribution in [2.24, 2.45) is 0 Å². The minimum absolute atomic E-state index is 0.0548. The summed E-state index contributed by atoms with van der Waals surface area (Å²) in [5.41, 5.74) is 0. The SMILES string of the molecule is Cc1ccc(C(=O)N2CCOCC2CBr)o1. The molecule has 5 heteroatoms. The van der Waals surface area contributed by atoms with Gasteiger partial charge >= 0.3 is 0 Å². The minimum Gasteiger partial charge on any atom is -0.456 e. The van der Waals surface area contributed by atoms with Crippen LogP contribution in [0.3, 0.4) is 0 Å². The second-order valence-electron chi connectivity index (χ2n) is 3.79. The van der Waals surface area contributed by atoms with E-state index >= 15 is 0 Å². The maximum atomic E-state index is 12.1. The zero-order valence-corrected chi connectivity index (χ0v) is 10.7. The Bertz CT molecular complexity index is 377. The first kappa shape index (κ1) is 11.7. The van der Waals surface area contributed by atoms with Gasteiger partial charge in [0.05, 0.1) is 19.3 Å². The van der Waals surface area contributed by atoms with Crippen LogP contribution in [0.25, 0.3) is 0 Å². The summed E-state index contributed by atoms with van der Waals surface area (Å²) >= 11 is 3.39. The number of furan rings is 1. The van der Waals surface area contributed by atoms with Gasteiger partial charge in [-0.2, -0.15) is 0 Å². The van der Waals surface area contributed by atoms with Crippen LogP contribution in [0.2, 0.25) is 0 Å². The maximum Gasteiger partial charge on any atom is 0.289 e. The van der Waals surface area contributed by atoms with E-state index in [1.165, 1.54) is 0 Å². The molecule has 2 rings (SSSR count). The first-order valence-corrected chi connectivity index (χ1v) is 6.35. The molecule has 0 spiro atoms. The average molecular weight is 288 g/mol. The second-order valence-corrected chi connectivity index (χ2v) is 4.44. The van der Waals surface area contributed by atoms with Crippen LogP contribution in [-0.4, -0.2) is 41.9 Å². The van der Waals surface area contributed by atoms with E-state index in [2.05, 4.69) is 15.9 Å². The van der Waals surface area contributed by atoms with Gasteiger partial charge in [0.25, 0.3) is 5.91 Å². The molecular formula is C11H14BrNO3. The van der Waals surface area contributed by atoms with Crippen molar-refractivity contribution in [1.29, 1.82) is 0 Å². The topological polar surface area (TPSA) is 42.7 Å². The lowest BCUT2D eigenvalue weighted by atomic mass is 10.2. The first-order valence-electron chi connectivity index (χ1n) is 5.23. The fraction of sp³-hybridized carbons (Fsp3) is 0.545. The molecule has 1 aliphatic heterocycles. The molecule has 0 bridgehead atoms. The number of halogens is 1. The summed E-state index contributed by atoms with van der Waals surface area (Å²) in [6, 6.07) is 3.61. The van der Waals surface area contributed by atoms with Crippen molar-refractivity contribution >= 4 is 21.8 Å². The number of rotatable bonds is 2. The van der Waals surface area contributed by atoms with E-state index in [1.54, 1.807) is 17.0 Å². The van der Waals surface area contributed by atoms with Gasteiger partial charge in [-0.15, -0.1) is 0 Å². The van der Waals surface area contributed by atoms with Crippen LogP contribution in [0.5, 0.6) is 0 Å². The van der Waals surface area contributed by atoms with Crippen molar-refractivity contribution in [3.63, 3.8) is 0 Å². The van der Waals surface area contributed by atoms with Crippen LogP contribution in [0, 0.1) is 6.92 Å². The molecule has 0 radical (unpaired) electrons. The Kier molecular flexibility index (Phi) is 3.66. The average Bonchev–Trinajstić information content (AvgIpc) is 2.75. The van der Waals surface area contributed by atoms with E-state index in [1.807, 2.05) is 6.92 Å². The van der Waals surface area contributed by atoms with E-state index < -0.39 is 0 Å². The first-order chi connectivity index (χ1) is 7.72. The third kappa shape index (κ3) is 2.30. The second kappa shape index (κ2) is 5.01. The maximum absolute atomic E-state index is 12.1. The van der Waals surface area contributed by atoms with E-state index in [9.17, 15) is 4.79 Å². The Hall–Kier alpha value is -0.810. The van der Waals surface area contributed by atoms with E-state index in [4.69, 9.17) is 9.15 Å². The highest BCUT2D eigenvalue weighted by molar-refractivity contribution is 9.09. The molecule has 0 saturated carbocycles. The molecule has 2 heterocycles. The third-order valence-corrected chi connectivity index (χ3v) is 3.37. The van der Waals surface area contributed by atoms with E-state index in [-0.39, 0.29) is 11.9 Å². The van der Waals surface area contributed by atoms with Crippen molar-refractivity contribution in [1.82, 2.24) is 4.90 Å². The number of ether oxygens (including phenoxy) is 1. The highest BCUT2D eigenvalue weighted by atomic mass is 79.9. The zero-order valence-electron chi connectivity index (χ0n) is 9.11. The third-order valence-electron chi connectivity index (χ3n) is 2.62. The number of carbonyl (C=O) groups excluding carboxylic acids is 1. The standard InChI is InChI=1S/C11H14BrNO3/c1-8-2-3-10(16-8)11(14)13-4-5-15-7-9(13)6-12/h2-3,9H,4-7H2,1H3. The van der Waals surface area contributed by atoms with E-state index in [0.717, 1.165) is 11.1 Å². The van der Waals surface area contributed by atoms with Crippen molar-refractivity contribution in [2.45, 2.75) is 13.0 Å². The molecule has 4 nitrogen and oxygen atoms in total. The normalized spacial score (nSPS) is 21.1. The number of aryl methyl sites for hydroxylation is 1. The Labute approximate surface area is 103 Å². The van der Waals surface area contributed by atoms with Gasteiger partial charge in [-0.3, -0.25) is 4.79 Å². The number of morpholine rings is 1. The number of alkyl halides is 1. The quantitative estimate of drug-likeness (QED) is 0.780. The Morgan fingerprint density at radius 3 is 3.06 bits per heavy atom. The zero-order chi connectivity index (χ0) is 11.5. The predicted octanol–water partition coefficient (Wildman–Crippen LogP) is 1.82. The van der Waals surface area contributed by atoms with Gasteiger partial charge in [-0.05, 0) is 19.1 Å². The molecule has 1 amide bonds. The summed E-state index contributed by atoms with van der Waals surface area (Å²) < 4.78 is 10.7. The summed E-state index contributed by atoms with van der Waals surface area (Å²) in [5.74, 6) is 1.11. The van der Waals surface area contributed by atoms with Gasteiger partial charge in [0, 0.05) is 11.9 Å². The van der Waals surface area contributed by atoms with Gasteiger partial charge < -0.3 is 14.1 Å². The van der Waals surface area contributed by atoms with Gasteiger partial charge in [-0.1, -0.05) is 15.9 Å². The largest absolute Gasteiger partial charge is 0.456 e. The highest BCUT2D eigenvalue weighted by Crippen LogP contribution is 2.15.